The van der Waals surface area contributed by atoms with Crippen LogP contribution in [0.2, 0.25) is 0 Å². The summed E-state index contributed by atoms with van der Waals surface area (Å²) in [5.41, 5.74) is 15.0. The topological polar surface area (TPSA) is 41.6 Å². The first-order valence-electron chi connectivity index (χ1n) is 10.4. The Morgan fingerprint density at radius 2 is 1.73 bits per heavy atom. The lowest BCUT2D eigenvalue weighted by Crippen LogP contribution is -2.17. The van der Waals surface area contributed by atoms with Gasteiger partial charge in [-0.1, -0.05) is 84.9 Å². The molecular formula is C27H25N3. The van der Waals surface area contributed by atoms with Crippen molar-refractivity contribution < 1.29 is 0 Å². The lowest BCUT2D eigenvalue weighted by Gasteiger charge is -2.24. The van der Waals surface area contributed by atoms with Crippen molar-refractivity contribution in [3.8, 4) is 0 Å². The summed E-state index contributed by atoms with van der Waals surface area (Å²) in [6.45, 7) is 0.593. The van der Waals surface area contributed by atoms with Gasteiger partial charge in [-0.15, -0.1) is 0 Å². The van der Waals surface area contributed by atoms with Crippen LogP contribution in [0.25, 0.3) is 5.57 Å². The zero-order valence-corrected chi connectivity index (χ0v) is 17.1. The molecule has 0 amide bonds. The van der Waals surface area contributed by atoms with Gasteiger partial charge >= 0.3 is 0 Å². The predicted molar refractivity (Wildman–Crippen MR) is 126 cm³/mol. The molecule has 1 unspecified atom stereocenters. The number of nitrogens with zero attached hydrogens (tertiary/aromatic N) is 2. The SMILES string of the molecule is CN1C2=C(c3ccccc3)C=CCC2c2ccc(/C(N)=N/Cc3ccccc3)cc21. The van der Waals surface area contributed by atoms with E-state index in [1.165, 1.54) is 28.1 Å². The first-order chi connectivity index (χ1) is 14.7. The molecule has 1 atom stereocenters. The van der Waals surface area contributed by atoms with Crippen molar-refractivity contribution >= 4 is 17.1 Å². The van der Waals surface area contributed by atoms with Gasteiger partial charge in [-0.25, -0.2) is 0 Å². The van der Waals surface area contributed by atoms with E-state index in [9.17, 15) is 0 Å². The van der Waals surface area contributed by atoms with Gasteiger partial charge in [0.1, 0.15) is 5.84 Å². The number of benzene rings is 3. The third-order valence-corrected chi connectivity index (χ3v) is 6.05. The molecule has 3 aromatic carbocycles. The van der Waals surface area contributed by atoms with Gasteiger partial charge in [0, 0.05) is 35.5 Å². The van der Waals surface area contributed by atoms with Crippen LogP contribution in [0, 0.1) is 0 Å². The molecule has 0 spiro atoms. The lowest BCUT2D eigenvalue weighted by molar-refractivity contribution is 0.817. The van der Waals surface area contributed by atoms with Crippen LogP contribution in [-0.2, 0) is 6.54 Å². The fourth-order valence-corrected chi connectivity index (χ4v) is 4.53. The quantitative estimate of drug-likeness (QED) is 0.471. The van der Waals surface area contributed by atoms with E-state index >= 15 is 0 Å². The van der Waals surface area contributed by atoms with Gasteiger partial charge in [-0.2, -0.15) is 0 Å². The summed E-state index contributed by atoms with van der Waals surface area (Å²) in [5, 5.41) is 0. The maximum absolute atomic E-state index is 6.35. The van der Waals surface area contributed by atoms with E-state index in [0.717, 1.165) is 17.5 Å². The molecule has 1 aliphatic heterocycles. The van der Waals surface area contributed by atoms with E-state index in [2.05, 4.69) is 89.8 Å². The van der Waals surface area contributed by atoms with Crippen molar-refractivity contribution in [3.05, 3.63) is 119 Å². The number of amidine groups is 1. The predicted octanol–water partition coefficient (Wildman–Crippen LogP) is 5.50. The first kappa shape index (κ1) is 18.4. The number of rotatable bonds is 4. The van der Waals surface area contributed by atoms with E-state index in [4.69, 9.17) is 5.73 Å². The molecule has 0 saturated heterocycles. The second kappa shape index (κ2) is 7.68. The van der Waals surface area contributed by atoms with Gasteiger partial charge in [-0.05, 0) is 29.2 Å². The van der Waals surface area contributed by atoms with Crippen LogP contribution in [0.15, 0.2) is 102 Å². The van der Waals surface area contributed by atoms with Crippen LogP contribution >= 0.6 is 0 Å². The fraction of sp³-hybridized carbons (Fsp3) is 0.148. The maximum Gasteiger partial charge on any atom is 0.126 e. The van der Waals surface area contributed by atoms with Crippen LogP contribution in [0.5, 0.6) is 0 Å². The molecule has 0 bridgehead atoms. The fourth-order valence-electron chi connectivity index (χ4n) is 4.53. The number of nitrogens with two attached hydrogens (primary N) is 1. The smallest absolute Gasteiger partial charge is 0.126 e. The van der Waals surface area contributed by atoms with E-state index in [1.807, 2.05) is 18.2 Å². The summed E-state index contributed by atoms with van der Waals surface area (Å²) in [6, 6.07) is 27.4. The highest BCUT2D eigenvalue weighted by molar-refractivity contribution is 5.99. The van der Waals surface area contributed by atoms with Gasteiger partial charge in [0.05, 0.1) is 6.54 Å². The van der Waals surface area contributed by atoms with Crippen LogP contribution < -0.4 is 10.6 Å². The number of aliphatic imine (C=N–C) groups is 1. The molecule has 0 saturated carbocycles. The monoisotopic (exact) mass is 391 g/mol. The second-order valence-electron chi connectivity index (χ2n) is 7.88. The molecule has 5 rings (SSSR count). The second-order valence-corrected chi connectivity index (χ2v) is 7.88. The number of hydrogen-bond acceptors (Lipinski definition) is 2. The zero-order valence-electron chi connectivity index (χ0n) is 17.1. The van der Waals surface area contributed by atoms with Gasteiger partial charge in [0.25, 0.3) is 0 Å². The van der Waals surface area contributed by atoms with Crippen molar-refractivity contribution in [2.45, 2.75) is 18.9 Å². The number of hydrogen-bond donors (Lipinski definition) is 1. The molecule has 3 heteroatoms. The summed E-state index contributed by atoms with van der Waals surface area (Å²) in [6.07, 6.45) is 5.59. The summed E-state index contributed by atoms with van der Waals surface area (Å²) in [7, 11) is 2.16. The highest BCUT2D eigenvalue weighted by atomic mass is 15.1. The molecule has 0 fully saturated rings. The van der Waals surface area contributed by atoms with Gasteiger partial charge in [-0.3, -0.25) is 4.99 Å². The molecule has 1 aliphatic carbocycles. The standard InChI is InChI=1S/C27H25N3/c1-30-25-17-21(27(28)29-18-19-9-4-2-5-10-19)15-16-23(25)24-14-8-13-22(26(24)30)20-11-6-3-7-12-20/h2-13,15-17,24H,14,18H2,1H3,(H2,28,29). The summed E-state index contributed by atoms with van der Waals surface area (Å²) < 4.78 is 0. The zero-order chi connectivity index (χ0) is 20.5. The Balaban J connectivity index is 1.49. The molecule has 148 valence electrons. The Kier molecular flexibility index (Phi) is 4.72. The molecule has 1 heterocycles. The molecule has 2 aliphatic rings. The Morgan fingerprint density at radius 1 is 1.00 bits per heavy atom. The maximum atomic E-state index is 6.35. The van der Waals surface area contributed by atoms with Crippen molar-refractivity contribution in [2.24, 2.45) is 10.7 Å². The highest BCUT2D eigenvalue weighted by Crippen LogP contribution is 2.49. The largest absolute Gasteiger partial charge is 0.383 e. The summed E-state index contributed by atoms with van der Waals surface area (Å²) in [5.74, 6) is 0.974. The summed E-state index contributed by atoms with van der Waals surface area (Å²) >= 11 is 0. The number of anilines is 1. The van der Waals surface area contributed by atoms with Crippen LogP contribution in [0.4, 0.5) is 5.69 Å². The molecular weight excluding hydrogens is 366 g/mol. The molecule has 0 radical (unpaired) electrons. The normalized spacial score (nSPS) is 17.8. The Morgan fingerprint density at radius 3 is 2.50 bits per heavy atom. The minimum Gasteiger partial charge on any atom is -0.383 e. The van der Waals surface area contributed by atoms with Crippen molar-refractivity contribution in [2.75, 3.05) is 11.9 Å². The van der Waals surface area contributed by atoms with Crippen LogP contribution in [0.3, 0.4) is 0 Å². The highest BCUT2D eigenvalue weighted by Gasteiger charge is 2.34. The average molecular weight is 392 g/mol. The average Bonchev–Trinajstić information content (AvgIpc) is 3.10. The van der Waals surface area contributed by atoms with Gasteiger partial charge < -0.3 is 10.6 Å². The number of allylic oxidation sites excluding steroid dienone is 4. The van der Waals surface area contributed by atoms with Crippen molar-refractivity contribution in [1.82, 2.24) is 0 Å². The molecule has 3 aromatic rings. The van der Waals surface area contributed by atoms with Crippen LogP contribution in [0.1, 0.15) is 34.6 Å². The van der Waals surface area contributed by atoms with E-state index in [-0.39, 0.29) is 0 Å². The van der Waals surface area contributed by atoms with E-state index < -0.39 is 0 Å². The minimum absolute atomic E-state index is 0.390. The third-order valence-electron chi connectivity index (χ3n) is 6.05. The molecule has 3 nitrogen and oxygen atoms in total. The molecule has 2 N–H and O–H groups in total. The minimum atomic E-state index is 0.390. The van der Waals surface area contributed by atoms with E-state index in [1.54, 1.807) is 0 Å². The third kappa shape index (κ3) is 3.22. The molecule has 30 heavy (non-hydrogen) atoms. The van der Waals surface area contributed by atoms with Crippen molar-refractivity contribution in [1.29, 1.82) is 0 Å². The number of likely N-dealkylation sites (N-methyl/N-ethyl adjacent to an activating group) is 1. The van der Waals surface area contributed by atoms with Crippen molar-refractivity contribution in [3.63, 3.8) is 0 Å². The number of fused-ring (bicyclic) bond motifs is 3. The first-order valence-corrected chi connectivity index (χ1v) is 10.4. The Labute approximate surface area is 177 Å². The van der Waals surface area contributed by atoms with E-state index in [0.29, 0.717) is 18.3 Å². The van der Waals surface area contributed by atoms with Gasteiger partial charge in [0.2, 0.25) is 0 Å². The molecule has 0 aromatic heterocycles. The Bertz CT molecular complexity index is 1160. The Hall–Kier alpha value is -3.59. The van der Waals surface area contributed by atoms with Gasteiger partial charge in [0.15, 0.2) is 0 Å². The lowest BCUT2D eigenvalue weighted by atomic mass is 9.86. The van der Waals surface area contributed by atoms with Crippen LogP contribution in [-0.4, -0.2) is 12.9 Å². The summed E-state index contributed by atoms with van der Waals surface area (Å²) in [4.78, 5) is 6.95.